The molecule has 3 N–H and O–H groups in total. The van der Waals surface area contributed by atoms with Crippen LogP contribution < -0.4 is 16.0 Å². The number of esters is 2. The lowest BCUT2D eigenvalue weighted by Crippen LogP contribution is -2.19. The van der Waals surface area contributed by atoms with Gasteiger partial charge in [-0.3, -0.25) is 14.9 Å². The maximum absolute atomic E-state index is 12.3. The molecule has 1 heterocycles. The Bertz CT molecular complexity index is 1260. The van der Waals surface area contributed by atoms with Crippen molar-refractivity contribution in [2.24, 2.45) is 0 Å². The topological polar surface area (TPSA) is 123 Å². The Kier molecular flexibility index (Phi) is 7.24. The summed E-state index contributed by atoms with van der Waals surface area (Å²) in [6.45, 7) is 7.12. The zero-order valence-electron chi connectivity index (χ0n) is 20.9. The molecule has 37 heavy (non-hydrogen) atoms. The van der Waals surface area contributed by atoms with Crippen molar-refractivity contribution in [2.45, 2.75) is 39.9 Å². The van der Waals surface area contributed by atoms with Gasteiger partial charge >= 0.3 is 11.9 Å². The highest BCUT2D eigenvalue weighted by Gasteiger charge is 2.28. The molecular formula is C28H27N3O6. The Morgan fingerprint density at radius 3 is 1.32 bits per heavy atom. The Labute approximate surface area is 214 Å². The number of amides is 2. The fourth-order valence-corrected chi connectivity index (χ4v) is 3.67. The molecule has 9 heteroatoms. The maximum atomic E-state index is 12.3. The fourth-order valence-electron chi connectivity index (χ4n) is 3.67. The Hall–Kier alpha value is -4.66. The zero-order chi connectivity index (χ0) is 26.7. The van der Waals surface area contributed by atoms with Gasteiger partial charge in [0.1, 0.15) is 0 Å². The van der Waals surface area contributed by atoms with Crippen LogP contribution in [0.25, 0.3) is 0 Å². The van der Waals surface area contributed by atoms with Crippen LogP contribution in [0.15, 0.2) is 60.7 Å². The lowest BCUT2D eigenvalue weighted by molar-refractivity contribution is 0.0367. The molecule has 0 radical (unpaired) electrons. The fraction of sp³-hybridized carbons (Fsp3) is 0.214. The number of imide groups is 1. The summed E-state index contributed by atoms with van der Waals surface area (Å²) in [6.07, 6.45) is -0.455. The largest absolute Gasteiger partial charge is 0.459 e. The van der Waals surface area contributed by atoms with Crippen LogP contribution in [-0.2, 0) is 9.47 Å². The van der Waals surface area contributed by atoms with Crippen LogP contribution in [0.1, 0.15) is 69.1 Å². The molecule has 9 nitrogen and oxygen atoms in total. The summed E-state index contributed by atoms with van der Waals surface area (Å²) in [4.78, 5) is 48.8. The quantitative estimate of drug-likeness (QED) is 0.285. The third-order valence-electron chi connectivity index (χ3n) is 5.36. The summed E-state index contributed by atoms with van der Waals surface area (Å²) in [6, 6.07) is 16.6. The van der Waals surface area contributed by atoms with Crippen molar-refractivity contribution in [3.8, 4) is 0 Å². The summed E-state index contributed by atoms with van der Waals surface area (Å²) in [7, 11) is 0. The molecule has 0 bridgehead atoms. The molecule has 0 saturated heterocycles. The number of benzene rings is 3. The molecule has 3 aromatic carbocycles. The van der Waals surface area contributed by atoms with Crippen LogP contribution in [-0.4, -0.2) is 36.0 Å². The second-order valence-corrected chi connectivity index (χ2v) is 9.04. The van der Waals surface area contributed by atoms with Crippen molar-refractivity contribution in [1.29, 1.82) is 0 Å². The first-order valence-corrected chi connectivity index (χ1v) is 11.8. The van der Waals surface area contributed by atoms with Crippen molar-refractivity contribution >= 4 is 46.5 Å². The molecule has 1 aliphatic rings. The van der Waals surface area contributed by atoms with Crippen LogP contribution in [0.3, 0.4) is 0 Å². The second kappa shape index (κ2) is 10.5. The van der Waals surface area contributed by atoms with Gasteiger partial charge in [-0.05, 0) is 88.4 Å². The van der Waals surface area contributed by atoms with Crippen molar-refractivity contribution < 1.29 is 28.7 Å². The number of carbonyl (C=O) groups excluding carboxylic acids is 4. The number of rotatable bonds is 8. The normalized spacial score (nSPS) is 12.3. The molecule has 0 spiro atoms. The number of carbonyl (C=O) groups is 4. The van der Waals surface area contributed by atoms with Crippen LogP contribution in [0.2, 0.25) is 0 Å². The lowest BCUT2D eigenvalue weighted by atomic mass is 10.1. The first-order chi connectivity index (χ1) is 17.6. The highest BCUT2D eigenvalue weighted by atomic mass is 16.5. The molecule has 3 aromatic rings. The summed E-state index contributed by atoms with van der Waals surface area (Å²) in [5, 5.41) is 8.77. The van der Waals surface area contributed by atoms with Gasteiger partial charge in [0, 0.05) is 11.4 Å². The SMILES string of the molecule is CC(C)OC(=O)c1ccc(Nc2cc3c(cc2Nc2ccc(C(=O)OC(C)C)cc2)C(=O)NC3=O)cc1. The minimum atomic E-state index is -0.477. The van der Waals surface area contributed by atoms with Gasteiger partial charge in [-0.1, -0.05) is 0 Å². The van der Waals surface area contributed by atoms with Crippen molar-refractivity contribution in [3.05, 3.63) is 82.9 Å². The molecule has 0 aliphatic carbocycles. The van der Waals surface area contributed by atoms with Gasteiger partial charge < -0.3 is 20.1 Å². The predicted molar refractivity (Wildman–Crippen MR) is 139 cm³/mol. The van der Waals surface area contributed by atoms with E-state index in [-0.39, 0.29) is 23.3 Å². The average molecular weight is 502 g/mol. The van der Waals surface area contributed by atoms with Crippen LogP contribution in [0, 0.1) is 0 Å². The molecule has 1 aliphatic heterocycles. The van der Waals surface area contributed by atoms with E-state index in [0.29, 0.717) is 33.9 Å². The number of anilines is 4. The predicted octanol–water partition coefficient (Wildman–Crippen LogP) is 5.19. The molecule has 0 fully saturated rings. The van der Waals surface area contributed by atoms with Crippen LogP contribution in [0.4, 0.5) is 22.7 Å². The average Bonchev–Trinajstić information content (AvgIpc) is 3.11. The zero-order valence-corrected chi connectivity index (χ0v) is 20.9. The van der Waals surface area contributed by atoms with Crippen LogP contribution in [0.5, 0.6) is 0 Å². The van der Waals surface area contributed by atoms with E-state index in [1.165, 1.54) is 0 Å². The molecular weight excluding hydrogens is 474 g/mol. The summed E-state index contributed by atoms with van der Waals surface area (Å²) < 4.78 is 10.4. The third kappa shape index (κ3) is 5.95. The minimum absolute atomic E-state index is 0.228. The van der Waals surface area contributed by atoms with E-state index < -0.39 is 23.8 Å². The van der Waals surface area contributed by atoms with E-state index in [1.807, 2.05) is 0 Å². The standard InChI is InChI=1S/C28H27N3O6/c1-15(2)36-27(34)17-5-9-19(10-6-17)29-23-13-21-22(26(33)31-25(21)32)14-24(23)30-20-11-7-18(8-12-20)28(35)37-16(3)4/h5-16,29-30H,1-4H3,(H,31,32,33). The van der Waals surface area contributed by atoms with Gasteiger partial charge in [-0.15, -0.1) is 0 Å². The van der Waals surface area contributed by atoms with Crippen molar-refractivity contribution in [3.63, 3.8) is 0 Å². The highest BCUT2D eigenvalue weighted by molar-refractivity contribution is 6.22. The monoisotopic (exact) mass is 501 g/mol. The minimum Gasteiger partial charge on any atom is -0.459 e. The van der Waals surface area contributed by atoms with Gasteiger partial charge in [-0.2, -0.15) is 0 Å². The number of ether oxygens (including phenoxy) is 2. The molecule has 190 valence electrons. The van der Waals surface area contributed by atoms with Crippen LogP contribution >= 0.6 is 0 Å². The van der Waals surface area contributed by atoms with Gasteiger partial charge in [0.15, 0.2) is 0 Å². The molecule has 2 amide bonds. The smallest absolute Gasteiger partial charge is 0.338 e. The molecule has 0 unspecified atom stereocenters. The molecule has 0 aromatic heterocycles. The summed E-state index contributed by atoms with van der Waals surface area (Å²) in [5.74, 6) is -1.79. The Morgan fingerprint density at radius 2 is 1.00 bits per heavy atom. The molecule has 0 saturated carbocycles. The highest BCUT2D eigenvalue weighted by Crippen LogP contribution is 2.33. The third-order valence-corrected chi connectivity index (χ3v) is 5.36. The van der Waals surface area contributed by atoms with Gasteiger partial charge in [0.2, 0.25) is 0 Å². The number of fused-ring (bicyclic) bond motifs is 1. The van der Waals surface area contributed by atoms with Gasteiger partial charge in [0.25, 0.3) is 11.8 Å². The van der Waals surface area contributed by atoms with Crippen molar-refractivity contribution in [2.75, 3.05) is 10.6 Å². The second-order valence-electron chi connectivity index (χ2n) is 9.04. The van der Waals surface area contributed by atoms with E-state index in [2.05, 4.69) is 16.0 Å². The number of nitrogens with one attached hydrogen (secondary N) is 3. The van der Waals surface area contributed by atoms with E-state index in [4.69, 9.17) is 9.47 Å². The Morgan fingerprint density at radius 1 is 0.649 bits per heavy atom. The van der Waals surface area contributed by atoms with Gasteiger partial charge in [-0.25, -0.2) is 9.59 Å². The molecule has 0 atom stereocenters. The molecule has 4 rings (SSSR count). The summed E-state index contributed by atoms with van der Waals surface area (Å²) >= 11 is 0. The van der Waals surface area contributed by atoms with Gasteiger partial charge in [0.05, 0.1) is 45.8 Å². The Balaban J connectivity index is 1.61. The number of hydrogen-bond donors (Lipinski definition) is 3. The van der Waals surface area contributed by atoms with E-state index in [1.54, 1.807) is 88.4 Å². The van der Waals surface area contributed by atoms with Crippen molar-refractivity contribution in [1.82, 2.24) is 5.32 Å². The van der Waals surface area contributed by atoms with E-state index >= 15 is 0 Å². The first kappa shape index (κ1) is 25.4. The summed E-state index contributed by atoms with van der Waals surface area (Å²) in [5.41, 5.74) is 3.69. The van der Waals surface area contributed by atoms with E-state index in [0.717, 1.165) is 0 Å². The maximum Gasteiger partial charge on any atom is 0.338 e. The first-order valence-electron chi connectivity index (χ1n) is 11.8. The number of hydrogen-bond acceptors (Lipinski definition) is 8. The lowest BCUT2D eigenvalue weighted by Gasteiger charge is -2.16. The van der Waals surface area contributed by atoms with E-state index in [9.17, 15) is 19.2 Å².